The molecule has 0 saturated carbocycles. The second-order valence-electron chi connectivity index (χ2n) is 9.02. The summed E-state index contributed by atoms with van der Waals surface area (Å²) < 4.78 is 52.2. The fourth-order valence-electron chi connectivity index (χ4n) is 4.24. The molecule has 0 aromatic heterocycles. The van der Waals surface area contributed by atoms with Crippen molar-refractivity contribution in [1.29, 1.82) is 0 Å². The molecule has 0 radical (unpaired) electrons. The lowest BCUT2D eigenvalue weighted by atomic mass is 10.0. The molecule has 0 aliphatic rings. The van der Waals surface area contributed by atoms with Crippen molar-refractivity contribution < 1.29 is 31.9 Å². The van der Waals surface area contributed by atoms with E-state index in [2.05, 4.69) is 5.32 Å². The van der Waals surface area contributed by atoms with Crippen LogP contribution in [0.5, 0.6) is 11.5 Å². The van der Waals surface area contributed by atoms with Crippen LogP contribution in [0.2, 0.25) is 0 Å². The summed E-state index contributed by atoms with van der Waals surface area (Å²) in [7, 11) is -1.17. The molecule has 214 valence electrons. The molecule has 40 heavy (non-hydrogen) atoms. The van der Waals surface area contributed by atoms with Crippen molar-refractivity contribution >= 4 is 27.5 Å². The number of ether oxygens (including phenoxy) is 2. The van der Waals surface area contributed by atoms with Gasteiger partial charge in [-0.25, -0.2) is 12.8 Å². The number of likely N-dealkylation sites (N-methyl/N-ethyl adjacent to an activating group) is 1. The van der Waals surface area contributed by atoms with Gasteiger partial charge in [0.15, 0.2) is 0 Å². The second kappa shape index (κ2) is 13.8. The van der Waals surface area contributed by atoms with Crippen LogP contribution in [0.25, 0.3) is 0 Å². The Morgan fingerprint density at radius 3 is 2.25 bits per heavy atom. The highest BCUT2D eigenvalue weighted by atomic mass is 32.2. The average Bonchev–Trinajstić information content (AvgIpc) is 2.94. The molecule has 0 bridgehead atoms. The molecule has 2 amide bonds. The Kier molecular flexibility index (Phi) is 10.5. The Morgan fingerprint density at radius 1 is 0.975 bits per heavy atom. The lowest BCUT2D eigenvalue weighted by molar-refractivity contribution is -0.140. The first-order valence-electron chi connectivity index (χ1n) is 12.6. The van der Waals surface area contributed by atoms with Gasteiger partial charge in [-0.15, -0.1) is 0 Å². The monoisotopic (exact) mass is 571 g/mol. The number of hydrogen-bond acceptors (Lipinski definition) is 6. The lowest BCUT2D eigenvalue weighted by Gasteiger charge is -2.33. The highest BCUT2D eigenvalue weighted by Crippen LogP contribution is 2.34. The summed E-state index contributed by atoms with van der Waals surface area (Å²) in [5, 5.41) is 2.76. The molecular formula is C29H34FN3O6S. The van der Waals surface area contributed by atoms with Crippen LogP contribution in [0.3, 0.4) is 0 Å². The minimum atomic E-state index is -4.00. The molecule has 0 fully saturated rings. The van der Waals surface area contributed by atoms with Crippen LogP contribution in [-0.2, 0) is 32.6 Å². The van der Waals surface area contributed by atoms with Crippen molar-refractivity contribution in [3.8, 4) is 11.5 Å². The van der Waals surface area contributed by atoms with E-state index in [1.54, 1.807) is 19.1 Å². The first kappa shape index (κ1) is 30.4. The number of sulfonamides is 1. The summed E-state index contributed by atoms with van der Waals surface area (Å²) >= 11 is 0. The van der Waals surface area contributed by atoms with Gasteiger partial charge >= 0.3 is 0 Å². The maximum absolute atomic E-state index is 14.8. The SMILES string of the molecule is CCNC(=O)[C@@H](Cc1ccccc1)N(Cc1ccccc1F)C(=O)CN(c1ccc(OC)cc1OC)S(C)(=O)=O. The zero-order valence-electron chi connectivity index (χ0n) is 23.0. The number of methoxy groups -OCH3 is 2. The molecule has 1 atom stereocenters. The first-order valence-corrected chi connectivity index (χ1v) is 14.5. The van der Waals surface area contributed by atoms with Crippen molar-refractivity contribution in [2.24, 2.45) is 0 Å². The van der Waals surface area contributed by atoms with Gasteiger partial charge in [-0.1, -0.05) is 48.5 Å². The van der Waals surface area contributed by atoms with Gasteiger partial charge in [-0.05, 0) is 30.7 Å². The van der Waals surface area contributed by atoms with E-state index in [9.17, 15) is 22.4 Å². The average molecular weight is 572 g/mol. The van der Waals surface area contributed by atoms with Crippen LogP contribution in [-0.4, -0.2) is 64.7 Å². The molecule has 0 unspecified atom stereocenters. The molecule has 11 heteroatoms. The summed E-state index contributed by atoms with van der Waals surface area (Å²) in [6.07, 6.45) is 1.11. The Morgan fingerprint density at radius 2 is 1.65 bits per heavy atom. The summed E-state index contributed by atoms with van der Waals surface area (Å²) in [4.78, 5) is 28.6. The van der Waals surface area contributed by atoms with Crippen LogP contribution in [0.4, 0.5) is 10.1 Å². The molecule has 3 aromatic carbocycles. The van der Waals surface area contributed by atoms with Crippen molar-refractivity contribution in [2.75, 3.05) is 37.9 Å². The minimum Gasteiger partial charge on any atom is -0.497 e. The summed E-state index contributed by atoms with van der Waals surface area (Å²) in [5.74, 6) is -1.09. The molecule has 0 saturated heterocycles. The number of amides is 2. The fourth-order valence-corrected chi connectivity index (χ4v) is 5.09. The Balaban J connectivity index is 2.09. The van der Waals surface area contributed by atoms with Gasteiger partial charge in [-0.2, -0.15) is 0 Å². The van der Waals surface area contributed by atoms with Crippen molar-refractivity contribution in [3.05, 3.63) is 89.7 Å². The third-order valence-corrected chi connectivity index (χ3v) is 7.38. The van der Waals surface area contributed by atoms with Gasteiger partial charge in [0.2, 0.25) is 21.8 Å². The Labute approximate surface area is 234 Å². The smallest absolute Gasteiger partial charge is 0.244 e. The normalized spacial score (nSPS) is 11.8. The number of halogens is 1. The maximum Gasteiger partial charge on any atom is 0.244 e. The van der Waals surface area contributed by atoms with Crippen molar-refractivity contribution in [1.82, 2.24) is 10.2 Å². The first-order chi connectivity index (χ1) is 19.1. The van der Waals surface area contributed by atoms with E-state index >= 15 is 0 Å². The summed E-state index contributed by atoms with van der Waals surface area (Å²) in [5.41, 5.74) is 1.08. The van der Waals surface area contributed by atoms with E-state index in [1.165, 1.54) is 49.5 Å². The van der Waals surface area contributed by atoms with Crippen LogP contribution in [0, 0.1) is 5.82 Å². The number of anilines is 1. The minimum absolute atomic E-state index is 0.114. The topological polar surface area (TPSA) is 105 Å². The van der Waals surface area contributed by atoms with Gasteiger partial charge in [0, 0.05) is 31.1 Å². The molecule has 0 spiro atoms. The molecule has 3 aromatic rings. The lowest BCUT2D eigenvalue weighted by Crippen LogP contribution is -2.53. The third kappa shape index (κ3) is 7.72. The summed E-state index contributed by atoms with van der Waals surface area (Å²) in [6.45, 7) is 1.16. The number of nitrogens with one attached hydrogen (secondary N) is 1. The highest BCUT2D eigenvalue weighted by molar-refractivity contribution is 7.92. The Hall–Kier alpha value is -4.12. The van der Waals surface area contributed by atoms with E-state index in [0.717, 1.165) is 16.1 Å². The third-order valence-electron chi connectivity index (χ3n) is 6.26. The number of rotatable bonds is 13. The van der Waals surface area contributed by atoms with E-state index in [4.69, 9.17) is 9.47 Å². The predicted octanol–water partition coefficient (Wildman–Crippen LogP) is 3.39. The van der Waals surface area contributed by atoms with Crippen LogP contribution in [0.15, 0.2) is 72.8 Å². The summed E-state index contributed by atoms with van der Waals surface area (Å²) in [6, 6.07) is 18.5. The zero-order chi connectivity index (χ0) is 29.3. The molecule has 0 aliphatic carbocycles. The predicted molar refractivity (Wildman–Crippen MR) is 151 cm³/mol. The second-order valence-corrected chi connectivity index (χ2v) is 10.9. The van der Waals surface area contributed by atoms with Crippen LogP contribution in [0.1, 0.15) is 18.1 Å². The quantitative estimate of drug-likeness (QED) is 0.337. The van der Waals surface area contributed by atoms with Gasteiger partial charge in [0.05, 0.1) is 26.2 Å². The number of nitrogens with zero attached hydrogens (tertiary/aromatic N) is 2. The standard InChI is InChI=1S/C29H34FN3O6S/c1-5-31-29(35)26(17-21-11-7-6-8-12-21)32(19-22-13-9-10-14-24(22)30)28(34)20-33(40(4,36)37)25-16-15-23(38-2)18-27(25)39-3/h6-16,18,26H,5,17,19-20H2,1-4H3,(H,31,35)/t26-/m1/s1. The Bertz CT molecular complexity index is 1420. The molecule has 0 aliphatic heterocycles. The number of carbonyl (C=O) groups is 2. The molecule has 0 heterocycles. The van der Waals surface area contributed by atoms with E-state index in [0.29, 0.717) is 12.3 Å². The van der Waals surface area contributed by atoms with Gasteiger partial charge < -0.3 is 19.7 Å². The van der Waals surface area contributed by atoms with Crippen molar-refractivity contribution in [2.45, 2.75) is 25.9 Å². The van der Waals surface area contributed by atoms with Gasteiger partial charge in [-0.3, -0.25) is 13.9 Å². The maximum atomic E-state index is 14.8. The highest BCUT2D eigenvalue weighted by Gasteiger charge is 2.34. The molecular weight excluding hydrogens is 537 g/mol. The number of carbonyl (C=O) groups excluding carboxylic acids is 2. The van der Waals surface area contributed by atoms with E-state index in [1.807, 2.05) is 30.3 Å². The zero-order valence-corrected chi connectivity index (χ0v) is 23.8. The molecule has 1 N–H and O–H groups in total. The largest absolute Gasteiger partial charge is 0.497 e. The van der Waals surface area contributed by atoms with Crippen LogP contribution >= 0.6 is 0 Å². The number of benzene rings is 3. The number of hydrogen-bond donors (Lipinski definition) is 1. The van der Waals surface area contributed by atoms with E-state index in [-0.39, 0.29) is 30.0 Å². The molecule has 3 rings (SSSR count). The van der Waals surface area contributed by atoms with Crippen molar-refractivity contribution in [3.63, 3.8) is 0 Å². The van der Waals surface area contributed by atoms with E-state index < -0.39 is 40.2 Å². The van der Waals surface area contributed by atoms with Gasteiger partial charge in [0.25, 0.3) is 0 Å². The molecule has 9 nitrogen and oxygen atoms in total. The van der Waals surface area contributed by atoms with Gasteiger partial charge in [0.1, 0.15) is 29.9 Å². The fraction of sp³-hybridized carbons (Fsp3) is 0.310. The van der Waals surface area contributed by atoms with Crippen LogP contribution < -0.4 is 19.1 Å².